The average Bonchev–Trinajstić information content (AvgIpc) is 3.45. The molecule has 1 nitrogen and oxygen atoms in total. The minimum absolute atomic E-state index is 0. The van der Waals surface area contributed by atoms with Gasteiger partial charge in [-0.1, -0.05) is 30.3 Å². The van der Waals surface area contributed by atoms with Crippen molar-refractivity contribution in [3.05, 3.63) is 115 Å². The Labute approximate surface area is 183 Å². The third kappa shape index (κ3) is 3.53. The second-order valence-corrected chi connectivity index (χ2v) is 6.74. The molecule has 0 radical (unpaired) electrons. The van der Waals surface area contributed by atoms with Crippen molar-refractivity contribution in [2.45, 2.75) is 0 Å². The van der Waals surface area contributed by atoms with Crippen LogP contribution in [0.1, 0.15) is 0 Å². The molecule has 132 valence electrons. The number of hydrogen-bond acceptors (Lipinski definition) is 0. The van der Waals surface area contributed by atoms with Crippen molar-refractivity contribution in [2.24, 2.45) is 0 Å². The molecule has 0 bridgehead atoms. The zero-order chi connectivity index (χ0) is 18.1. The summed E-state index contributed by atoms with van der Waals surface area (Å²) in [5, 5.41) is 6.54. The summed E-state index contributed by atoms with van der Waals surface area (Å²) in [7, 11) is 0. The van der Waals surface area contributed by atoms with Crippen LogP contribution in [0.2, 0.25) is 0 Å². The molecular formula is C26H19NZr. The number of rotatable bonds is 1. The fraction of sp³-hybridized carbons (Fsp3) is 0. The van der Waals surface area contributed by atoms with E-state index in [0.717, 1.165) is 0 Å². The van der Waals surface area contributed by atoms with E-state index < -0.39 is 0 Å². The second kappa shape index (κ2) is 8.12. The molecule has 0 aliphatic heterocycles. The summed E-state index contributed by atoms with van der Waals surface area (Å²) >= 11 is 0. The molecule has 0 atom stereocenters. The van der Waals surface area contributed by atoms with Crippen molar-refractivity contribution in [1.82, 2.24) is 4.57 Å². The SMILES string of the molecule is [Zr+2].c1ccc2[cH-]c(-n3ccc4ccccc43)cc2c1.c1ccc2[cH-]ccc2c1. The Morgan fingerprint density at radius 2 is 1.29 bits per heavy atom. The average molecular weight is 437 g/mol. The van der Waals surface area contributed by atoms with Crippen LogP contribution in [0.4, 0.5) is 0 Å². The van der Waals surface area contributed by atoms with Gasteiger partial charge in [-0.3, -0.25) is 0 Å². The van der Waals surface area contributed by atoms with Crippen LogP contribution in [0.3, 0.4) is 0 Å². The van der Waals surface area contributed by atoms with E-state index in [1.54, 1.807) is 0 Å². The number of hydrogen-bond donors (Lipinski definition) is 0. The largest absolute Gasteiger partial charge is 2.00 e. The van der Waals surface area contributed by atoms with E-state index in [1.165, 1.54) is 38.1 Å². The monoisotopic (exact) mass is 435 g/mol. The van der Waals surface area contributed by atoms with Gasteiger partial charge in [0.15, 0.2) is 0 Å². The van der Waals surface area contributed by atoms with Crippen molar-refractivity contribution in [1.29, 1.82) is 0 Å². The summed E-state index contributed by atoms with van der Waals surface area (Å²) in [5.41, 5.74) is 2.49. The first-order valence-electron chi connectivity index (χ1n) is 9.21. The van der Waals surface area contributed by atoms with E-state index in [1.807, 2.05) is 0 Å². The summed E-state index contributed by atoms with van der Waals surface area (Å²) in [4.78, 5) is 0. The molecule has 28 heavy (non-hydrogen) atoms. The van der Waals surface area contributed by atoms with Crippen molar-refractivity contribution < 1.29 is 26.2 Å². The van der Waals surface area contributed by atoms with Crippen LogP contribution in [0.25, 0.3) is 38.1 Å². The van der Waals surface area contributed by atoms with Crippen LogP contribution in [0.15, 0.2) is 115 Å². The number of para-hydroxylation sites is 1. The molecule has 2 heteroatoms. The molecular weight excluding hydrogens is 418 g/mol. The molecule has 0 aliphatic rings. The van der Waals surface area contributed by atoms with E-state index in [0.29, 0.717) is 0 Å². The van der Waals surface area contributed by atoms with Crippen LogP contribution in [-0.4, -0.2) is 4.57 Å². The molecule has 0 N–H and O–H groups in total. The Morgan fingerprint density at radius 1 is 0.607 bits per heavy atom. The van der Waals surface area contributed by atoms with E-state index in [-0.39, 0.29) is 26.2 Å². The standard InChI is InChI=1S/C17H12N.C9H7.Zr/c1-2-7-15-12-16(11-14(15)6-1)18-10-9-13-5-3-4-8-17(13)18;1-2-5-9-7-3-6-8(9)4-1;/h1-12H;1-7H;/q2*-1;+2. The third-order valence-corrected chi connectivity index (χ3v) is 5.03. The fourth-order valence-electron chi connectivity index (χ4n) is 3.65. The Hall–Kier alpha value is -2.70. The number of aromatic nitrogens is 1. The molecule has 0 saturated heterocycles. The minimum atomic E-state index is 0. The summed E-state index contributed by atoms with van der Waals surface area (Å²) in [6.07, 6.45) is 2.14. The van der Waals surface area contributed by atoms with Gasteiger partial charge in [0, 0.05) is 6.20 Å². The van der Waals surface area contributed by atoms with Crippen molar-refractivity contribution in [2.75, 3.05) is 0 Å². The molecule has 0 spiro atoms. The van der Waals surface area contributed by atoms with Gasteiger partial charge in [-0.05, 0) is 23.2 Å². The van der Waals surface area contributed by atoms with Gasteiger partial charge in [0.25, 0.3) is 0 Å². The number of benzene rings is 3. The minimum Gasteiger partial charge on any atom is -0.335 e. The maximum Gasteiger partial charge on any atom is 2.00 e. The van der Waals surface area contributed by atoms with Crippen molar-refractivity contribution in [3.63, 3.8) is 0 Å². The zero-order valence-corrected chi connectivity index (χ0v) is 17.9. The van der Waals surface area contributed by atoms with Gasteiger partial charge in [0.1, 0.15) is 0 Å². The number of fused-ring (bicyclic) bond motifs is 3. The van der Waals surface area contributed by atoms with Crippen molar-refractivity contribution >= 4 is 32.4 Å². The van der Waals surface area contributed by atoms with Crippen molar-refractivity contribution in [3.8, 4) is 5.69 Å². The van der Waals surface area contributed by atoms with Crippen LogP contribution >= 0.6 is 0 Å². The fourth-order valence-corrected chi connectivity index (χ4v) is 3.65. The molecule has 6 rings (SSSR count). The smallest absolute Gasteiger partial charge is 0.335 e. The Kier molecular flexibility index (Phi) is 5.41. The first kappa shape index (κ1) is 18.7. The van der Waals surface area contributed by atoms with Crippen LogP contribution < -0.4 is 0 Å². The first-order chi connectivity index (χ1) is 13.4. The first-order valence-corrected chi connectivity index (χ1v) is 9.21. The quantitative estimate of drug-likeness (QED) is 0.243. The van der Waals surface area contributed by atoms with E-state index in [4.69, 9.17) is 0 Å². The third-order valence-electron chi connectivity index (χ3n) is 5.03. The van der Waals surface area contributed by atoms with Gasteiger partial charge in [0.05, 0.1) is 5.52 Å². The molecule has 0 saturated carbocycles. The Bertz CT molecular complexity index is 1270. The second-order valence-electron chi connectivity index (χ2n) is 6.74. The maximum atomic E-state index is 2.25. The molecule has 0 amide bonds. The van der Waals surface area contributed by atoms with Gasteiger partial charge in [-0.25, -0.2) is 0 Å². The zero-order valence-electron chi connectivity index (χ0n) is 15.4. The van der Waals surface area contributed by atoms with Crippen LogP contribution in [0.5, 0.6) is 0 Å². The summed E-state index contributed by atoms with van der Waals surface area (Å²) in [6.45, 7) is 0. The van der Waals surface area contributed by atoms with E-state index in [2.05, 4.69) is 120 Å². The maximum absolute atomic E-state index is 2.25. The molecule has 0 unspecified atom stereocenters. The predicted molar refractivity (Wildman–Crippen MR) is 116 cm³/mol. The summed E-state index contributed by atoms with van der Waals surface area (Å²) in [6, 6.07) is 38.3. The van der Waals surface area contributed by atoms with E-state index in [9.17, 15) is 0 Å². The molecule has 6 aromatic rings. The van der Waals surface area contributed by atoms with Gasteiger partial charge in [-0.2, -0.15) is 17.5 Å². The van der Waals surface area contributed by atoms with Crippen LogP contribution in [0, 0.1) is 0 Å². The molecule has 0 aliphatic carbocycles. The number of nitrogens with zero attached hydrogens (tertiary/aromatic N) is 1. The van der Waals surface area contributed by atoms with Gasteiger partial charge < -0.3 is 4.57 Å². The normalized spacial score (nSPS) is 10.6. The van der Waals surface area contributed by atoms with E-state index >= 15 is 0 Å². The van der Waals surface area contributed by atoms with Gasteiger partial charge >= 0.3 is 26.2 Å². The topological polar surface area (TPSA) is 4.93 Å². The van der Waals surface area contributed by atoms with Gasteiger partial charge in [0.2, 0.25) is 0 Å². The molecule has 0 fully saturated rings. The molecule has 5 aromatic carbocycles. The molecule has 1 heterocycles. The Balaban J connectivity index is 0.000000163. The molecule has 1 aromatic heterocycles. The summed E-state index contributed by atoms with van der Waals surface area (Å²) in [5.74, 6) is 0. The Morgan fingerprint density at radius 3 is 2.07 bits per heavy atom. The van der Waals surface area contributed by atoms with Gasteiger partial charge in [-0.15, -0.1) is 70.8 Å². The predicted octanol–water partition coefficient (Wildman–Crippen LogP) is 7.06. The summed E-state index contributed by atoms with van der Waals surface area (Å²) < 4.78 is 2.25. The van der Waals surface area contributed by atoms with Crippen LogP contribution in [-0.2, 0) is 26.2 Å².